The predicted molar refractivity (Wildman–Crippen MR) is 109 cm³/mol. The zero-order valence-corrected chi connectivity index (χ0v) is 17.7. The van der Waals surface area contributed by atoms with Crippen LogP contribution in [-0.4, -0.2) is 54.4 Å². The Bertz CT molecular complexity index is 619. The van der Waals surface area contributed by atoms with Crippen molar-refractivity contribution in [3.63, 3.8) is 0 Å². The lowest BCUT2D eigenvalue weighted by Gasteiger charge is -2.32. The molecule has 0 aliphatic carbocycles. The summed E-state index contributed by atoms with van der Waals surface area (Å²) in [4.78, 5) is 18.2. The molecule has 0 radical (unpaired) electrons. The monoisotopic (exact) mass is 393 g/mol. The standard InChI is InChI=1S/C20H35N5O3/c1-5-15(6-2)18-13-17(28-24-18)14-22-19(21-7-3)23-16-9-11-25(12-10-16)20(26)27-8-4/h13,15-16H,5-12,14H2,1-4H3,(H2,21,22,23). The molecule has 0 saturated carbocycles. The zero-order valence-electron chi connectivity index (χ0n) is 17.7. The Morgan fingerprint density at radius 1 is 1.32 bits per heavy atom. The minimum Gasteiger partial charge on any atom is -0.450 e. The van der Waals surface area contributed by atoms with E-state index >= 15 is 0 Å². The molecular formula is C20H35N5O3. The van der Waals surface area contributed by atoms with Crippen LogP contribution >= 0.6 is 0 Å². The summed E-state index contributed by atoms with van der Waals surface area (Å²) < 4.78 is 10.5. The lowest BCUT2D eigenvalue weighted by atomic mass is 9.99. The van der Waals surface area contributed by atoms with E-state index in [1.54, 1.807) is 4.90 Å². The number of piperidine rings is 1. The highest BCUT2D eigenvalue weighted by Crippen LogP contribution is 2.22. The molecule has 28 heavy (non-hydrogen) atoms. The number of aliphatic imine (C=N–C) groups is 1. The summed E-state index contributed by atoms with van der Waals surface area (Å²) in [6, 6.07) is 2.29. The molecule has 8 heteroatoms. The van der Waals surface area contributed by atoms with Crippen molar-refractivity contribution < 1.29 is 14.1 Å². The van der Waals surface area contributed by atoms with Gasteiger partial charge in [-0.1, -0.05) is 19.0 Å². The molecule has 1 fully saturated rings. The smallest absolute Gasteiger partial charge is 0.409 e. The minimum atomic E-state index is -0.222. The van der Waals surface area contributed by atoms with E-state index in [2.05, 4.69) is 34.6 Å². The van der Waals surface area contributed by atoms with E-state index in [9.17, 15) is 4.79 Å². The Morgan fingerprint density at radius 3 is 2.64 bits per heavy atom. The normalized spacial score (nSPS) is 15.8. The Morgan fingerprint density at radius 2 is 2.04 bits per heavy atom. The van der Waals surface area contributed by atoms with Gasteiger partial charge in [0.2, 0.25) is 0 Å². The summed E-state index contributed by atoms with van der Waals surface area (Å²) in [6.07, 6.45) is 3.62. The summed E-state index contributed by atoms with van der Waals surface area (Å²) in [5.74, 6) is 1.98. The topological polar surface area (TPSA) is 92.0 Å². The van der Waals surface area contributed by atoms with Crippen LogP contribution in [0.5, 0.6) is 0 Å². The van der Waals surface area contributed by atoms with Gasteiger partial charge in [0.1, 0.15) is 6.54 Å². The average Bonchev–Trinajstić information content (AvgIpc) is 3.17. The van der Waals surface area contributed by atoms with Crippen molar-refractivity contribution in [1.82, 2.24) is 20.7 Å². The number of aromatic nitrogens is 1. The van der Waals surface area contributed by atoms with Crippen molar-refractivity contribution in [2.45, 2.75) is 71.9 Å². The Hall–Kier alpha value is -2.25. The number of carbonyl (C=O) groups excluding carboxylic acids is 1. The van der Waals surface area contributed by atoms with Crippen molar-refractivity contribution >= 4 is 12.1 Å². The molecule has 1 saturated heterocycles. The first-order valence-corrected chi connectivity index (χ1v) is 10.5. The second kappa shape index (κ2) is 11.6. The number of guanidine groups is 1. The van der Waals surface area contributed by atoms with E-state index < -0.39 is 0 Å². The van der Waals surface area contributed by atoms with Gasteiger partial charge < -0.3 is 24.8 Å². The second-order valence-electron chi connectivity index (χ2n) is 7.03. The molecule has 0 spiro atoms. The molecule has 0 unspecified atom stereocenters. The van der Waals surface area contributed by atoms with Gasteiger partial charge >= 0.3 is 6.09 Å². The number of carbonyl (C=O) groups is 1. The number of hydrogen-bond acceptors (Lipinski definition) is 5. The summed E-state index contributed by atoms with van der Waals surface area (Å²) in [5, 5.41) is 10.9. The van der Waals surface area contributed by atoms with Crippen LogP contribution in [0.1, 0.15) is 70.8 Å². The highest BCUT2D eigenvalue weighted by molar-refractivity contribution is 5.80. The fourth-order valence-electron chi connectivity index (χ4n) is 3.39. The summed E-state index contributed by atoms with van der Waals surface area (Å²) in [6.45, 7) is 11.2. The molecule has 1 aromatic rings. The number of likely N-dealkylation sites (tertiary alicyclic amines) is 1. The highest BCUT2D eigenvalue weighted by atomic mass is 16.6. The van der Waals surface area contributed by atoms with Crippen LogP contribution in [-0.2, 0) is 11.3 Å². The lowest BCUT2D eigenvalue weighted by molar-refractivity contribution is 0.0963. The maximum Gasteiger partial charge on any atom is 0.409 e. The molecule has 1 amide bonds. The van der Waals surface area contributed by atoms with Crippen LogP contribution in [0.15, 0.2) is 15.6 Å². The summed E-state index contributed by atoms with van der Waals surface area (Å²) in [7, 11) is 0. The minimum absolute atomic E-state index is 0.222. The van der Waals surface area contributed by atoms with Gasteiger partial charge in [0, 0.05) is 37.7 Å². The molecule has 2 heterocycles. The van der Waals surface area contributed by atoms with E-state index in [0.717, 1.165) is 49.6 Å². The molecule has 1 aliphatic heterocycles. The van der Waals surface area contributed by atoms with E-state index in [1.165, 1.54) is 0 Å². The van der Waals surface area contributed by atoms with Crippen LogP contribution in [0, 0.1) is 0 Å². The fourth-order valence-corrected chi connectivity index (χ4v) is 3.39. The summed E-state index contributed by atoms with van der Waals surface area (Å²) >= 11 is 0. The third-order valence-corrected chi connectivity index (χ3v) is 5.08. The maximum absolute atomic E-state index is 11.8. The Balaban J connectivity index is 1.88. The first-order chi connectivity index (χ1) is 13.6. The van der Waals surface area contributed by atoms with Gasteiger partial charge in [-0.3, -0.25) is 0 Å². The van der Waals surface area contributed by atoms with E-state index in [4.69, 9.17) is 9.26 Å². The first-order valence-electron chi connectivity index (χ1n) is 10.5. The molecule has 0 aromatic carbocycles. The van der Waals surface area contributed by atoms with E-state index in [1.807, 2.05) is 19.9 Å². The van der Waals surface area contributed by atoms with Crippen LogP contribution in [0.2, 0.25) is 0 Å². The first kappa shape index (κ1) is 22.0. The van der Waals surface area contributed by atoms with Crippen molar-refractivity contribution in [3.05, 3.63) is 17.5 Å². The summed E-state index contributed by atoms with van der Waals surface area (Å²) in [5.41, 5.74) is 1.01. The second-order valence-corrected chi connectivity index (χ2v) is 7.03. The molecule has 0 bridgehead atoms. The lowest BCUT2D eigenvalue weighted by Crippen LogP contribution is -2.49. The largest absolute Gasteiger partial charge is 0.450 e. The number of nitrogens with one attached hydrogen (secondary N) is 2. The third kappa shape index (κ3) is 6.42. The van der Waals surface area contributed by atoms with Crippen LogP contribution in [0.25, 0.3) is 0 Å². The van der Waals surface area contributed by atoms with Gasteiger partial charge in [-0.15, -0.1) is 0 Å². The van der Waals surface area contributed by atoms with Gasteiger partial charge in [-0.2, -0.15) is 0 Å². The molecule has 1 aliphatic rings. The van der Waals surface area contributed by atoms with Crippen molar-refractivity contribution in [1.29, 1.82) is 0 Å². The quantitative estimate of drug-likeness (QED) is 0.520. The predicted octanol–water partition coefficient (Wildman–Crippen LogP) is 3.25. The number of hydrogen-bond donors (Lipinski definition) is 2. The highest BCUT2D eigenvalue weighted by Gasteiger charge is 2.24. The van der Waals surface area contributed by atoms with Gasteiger partial charge in [0.25, 0.3) is 0 Å². The number of ether oxygens (including phenoxy) is 1. The molecule has 1 aromatic heterocycles. The van der Waals surface area contributed by atoms with E-state index in [0.29, 0.717) is 32.2 Å². The van der Waals surface area contributed by atoms with Gasteiger partial charge in [0.05, 0.1) is 12.3 Å². The zero-order chi connectivity index (χ0) is 20.4. The Labute approximate surface area is 168 Å². The molecule has 8 nitrogen and oxygen atoms in total. The maximum atomic E-state index is 11.8. The average molecular weight is 394 g/mol. The number of nitrogens with zero attached hydrogens (tertiary/aromatic N) is 3. The van der Waals surface area contributed by atoms with Gasteiger partial charge in [0.15, 0.2) is 11.7 Å². The van der Waals surface area contributed by atoms with Gasteiger partial charge in [-0.25, -0.2) is 9.79 Å². The van der Waals surface area contributed by atoms with Crippen LogP contribution < -0.4 is 10.6 Å². The van der Waals surface area contributed by atoms with Crippen LogP contribution in [0.3, 0.4) is 0 Å². The van der Waals surface area contributed by atoms with Crippen molar-refractivity contribution in [3.8, 4) is 0 Å². The molecule has 2 rings (SSSR count). The SMILES string of the molecule is CCNC(=NCc1cc(C(CC)CC)no1)NC1CCN(C(=O)OCC)CC1. The fraction of sp³-hybridized carbons (Fsp3) is 0.750. The van der Waals surface area contributed by atoms with Crippen molar-refractivity contribution in [2.24, 2.45) is 4.99 Å². The van der Waals surface area contributed by atoms with Crippen molar-refractivity contribution in [2.75, 3.05) is 26.2 Å². The molecular weight excluding hydrogens is 358 g/mol. The van der Waals surface area contributed by atoms with E-state index in [-0.39, 0.29) is 12.1 Å². The van der Waals surface area contributed by atoms with Gasteiger partial charge in [-0.05, 0) is 39.5 Å². The number of rotatable bonds is 8. The number of amides is 1. The molecule has 0 atom stereocenters. The molecule has 2 N–H and O–H groups in total. The van der Waals surface area contributed by atoms with Crippen LogP contribution in [0.4, 0.5) is 4.79 Å². The molecule has 158 valence electrons. The Kier molecular flexibility index (Phi) is 9.10. The third-order valence-electron chi connectivity index (χ3n) is 5.08.